The lowest BCUT2D eigenvalue weighted by molar-refractivity contribution is 0.303. The maximum atomic E-state index is 12.2. The number of fused-ring (bicyclic) bond motifs is 1. The maximum Gasteiger partial charge on any atom is 0.338 e. The Morgan fingerprint density at radius 1 is 1.11 bits per heavy atom. The van der Waals surface area contributed by atoms with Crippen molar-refractivity contribution in [1.29, 1.82) is 0 Å². The number of rotatable bonds is 4. The van der Waals surface area contributed by atoms with E-state index < -0.39 is 0 Å². The van der Waals surface area contributed by atoms with E-state index >= 15 is 0 Å². The molecule has 1 aromatic heterocycles. The summed E-state index contributed by atoms with van der Waals surface area (Å²) in [7, 11) is 0. The number of aryl methyl sites for hydroxylation is 2. The van der Waals surface area contributed by atoms with Crippen LogP contribution in [0.1, 0.15) is 16.7 Å². The van der Waals surface area contributed by atoms with Crippen LogP contribution in [-0.4, -0.2) is 26.2 Å². The topological polar surface area (TPSA) is 54.7 Å². The quantitative estimate of drug-likeness (QED) is 0.719. The minimum Gasteiger partial charge on any atom is -0.488 e. The predicted molar refractivity (Wildman–Crippen MR) is 108 cm³/mol. The van der Waals surface area contributed by atoms with E-state index in [2.05, 4.69) is 29.3 Å². The lowest BCUT2D eigenvalue weighted by Gasteiger charge is -2.30. The fourth-order valence-electron chi connectivity index (χ4n) is 3.58. The summed E-state index contributed by atoms with van der Waals surface area (Å²) < 4.78 is 11.6. The standard InChI is InChI=1S/C22H24N2O3/c1-15-5-3-4-6-17(15)14-26-20-8-7-18-19(24-11-9-23-10-12-24)13-21(25)27-22(18)16(20)2/h3-8,13,23H,9-12,14H2,1-2H3. The van der Waals surface area contributed by atoms with Crippen molar-refractivity contribution in [2.24, 2.45) is 0 Å². The average Bonchev–Trinajstić information content (AvgIpc) is 2.69. The van der Waals surface area contributed by atoms with Crippen molar-refractivity contribution < 1.29 is 9.15 Å². The summed E-state index contributed by atoms with van der Waals surface area (Å²) in [5, 5.41) is 4.30. The highest BCUT2D eigenvalue weighted by Crippen LogP contribution is 2.33. The Morgan fingerprint density at radius 2 is 1.89 bits per heavy atom. The van der Waals surface area contributed by atoms with Crippen LogP contribution in [0.3, 0.4) is 0 Å². The molecule has 0 aliphatic carbocycles. The van der Waals surface area contributed by atoms with Gasteiger partial charge in [-0.3, -0.25) is 0 Å². The smallest absolute Gasteiger partial charge is 0.338 e. The number of ether oxygens (including phenoxy) is 1. The number of nitrogens with one attached hydrogen (secondary N) is 1. The second-order valence-corrected chi connectivity index (χ2v) is 6.97. The number of anilines is 1. The lowest BCUT2D eigenvalue weighted by atomic mass is 10.1. The minimum absolute atomic E-state index is 0.324. The molecular weight excluding hydrogens is 340 g/mol. The molecule has 3 aromatic rings. The normalized spacial score (nSPS) is 14.5. The van der Waals surface area contributed by atoms with Gasteiger partial charge in [-0.25, -0.2) is 4.79 Å². The summed E-state index contributed by atoms with van der Waals surface area (Å²) >= 11 is 0. The van der Waals surface area contributed by atoms with Crippen molar-refractivity contribution in [3.63, 3.8) is 0 Å². The van der Waals surface area contributed by atoms with Crippen molar-refractivity contribution >= 4 is 16.7 Å². The van der Waals surface area contributed by atoms with E-state index in [1.54, 1.807) is 6.07 Å². The largest absolute Gasteiger partial charge is 0.488 e. The molecule has 2 heterocycles. The van der Waals surface area contributed by atoms with Crippen molar-refractivity contribution in [3.8, 4) is 5.75 Å². The van der Waals surface area contributed by atoms with Crippen LogP contribution in [-0.2, 0) is 6.61 Å². The Morgan fingerprint density at radius 3 is 2.67 bits per heavy atom. The average molecular weight is 364 g/mol. The molecule has 140 valence electrons. The Bertz CT molecular complexity index is 1020. The van der Waals surface area contributed by atoms with Gasteiger partial charge in [0.25, 0.3) is 0 Å². The highest BCUT2D eigenvalue weighted by atomic mass is 16.5. The molecule has 5 heteroatoms. The third-order valence-corrected chi connectivity index (χ3v) is 5.19. The van der Waals surface area contributed by atoms with Gasteiger partial charge in [0, 0.05) is 43.2 Å². The van der Waals surface area contributed by atoms with E-state index in [4.69, 9.17) is 9.15 Å². The molecular formula is C22H24N2O3. The number of piperazine rings is 1. The van der Waals surface area contributed by atoms with Crippen LogP contribution < -0.4 is 20.6 Å². The summed E-state index contributed by atoms with van der Waals surface area (Å²) in [5.74, 6) is 0.742. The summed E-state index contributed by atoms with van der Waals surface area (Å²) in [5.41, 5.74) is 4.43. The monoisotopic (exact) mass is 364 g/mol. The molecule has 2 aromatic carbocycles. The third-order valence-electron chi connectivity index (χ3n) is 5.19. The summed E-state index contributed by atoms with van der Waals surface area (Å²) in [4.78, 5) is 14.4. The summed E-state index contributed by atoms with van der Waals surface area (Å²) in [6.45, 7) is 8.09. The van der Waals surface area contributed by atoms with Crippen LogP contribution in [0.4, 0.5) is 5.69 Å². The van der Waals surface area contributed by atoms with Crippen LogP contribution in [0.25, 0.3) is 11.0 Å². The van der Waals surface area contributed by atoms with Crippen LogP contribution in [0.15, 0.2) is 51.7 Å². The fraction of sp³-hybridized carbons (Fsp3) is 0.318. The van der Waals surface area contributed by atoms with Crippen molar-refractivity contribution in [2.45, 2.75) is 20.5 Å². The fourth-order valence-corrected chi connectivity index (χ4v) is 3.58. The molecule has 1 fully saturated rings. The Labute approximate surface area is 158 Å². The number of benzene rings is 2. The first kappa shape index (κ1) is 17.6. The van der Waals surface area contributed by atoms with Crippen LogP contribution >= 0.6 is 0 Å². The molecule has 1 aliphatic heterocycles. The van der Waals surface area contributed by atoms with Crippen molar-refractivity contribution in [2.75, 3.05) is 31.1 Å². The lowest BCUT2D eigenvalue weighted by Crippen LogP contribution is -2.43. The van der Waals surface area contributed by atoms with Gasteiger partial charge in [0.05, 0.1) is 5.69 Å². The van der Waals surface area contributed by atoms with Gasteiger partial charge in [-0.2, -0.15) is 0 Å². The Kier molecular flexibility index (Phi) is 4.86. The number of hydrogen-bond donors (Lipinski definition) is 1. The highest BCUT2D eigenvalue weighted by Gasteiger charge is 2.18. The van der Waals surface area contributed by atoms with E-state index in [9.17, 15) is 4.79 Å². The predicted octanol–water partition coefficient (Wildman–Crippen LogP) is 3.40. The molecule has 4 rings (SSSR count). The molecule has 0 spiro atoms. The van der Waals surface area contributed by atoms with Gasteiger partial charge >= 0.3 is 5.63 Å². The number of hydrogen-bond acceptors (Lipinski definition) is 5. The molecule has 1 saturated heterocycles. The maximum absolute atomic E-state index is 12.2. The zero-order valence-electron chi connectivity index (χ0n) is 15.7. The molecule has 0 unspecified atom stereocenters. The third kappa shape index (κ3) is 3.55. The zero-order chi connectivity index (χ0) is 18.8. The first-order valence-corrected chi connectivity index (χ1v) is 9.34. The second kappa shape index (κ2) is 7.45. The van der Waals surface area contributed by atoms with Gasteiger partial charge < -0.3 is 19.4 Å². The van der Waals surface area contributed by atoms with E-state index in [0.717, 1.165) is 54.1 Å². The van der Waals surface area contributed by atoms with E-state index in [0.29, 0.717) is 12.2 Å². The van der Waals surface area contributed by atoms with Gasteiger partial charge in [-0.15, -0.1) is 0 Å². The first-order valence-electron chi connectivity index (χ1n) is 9.34. The second-order valence-electron chi connectivity index (χ2n) is 6.97. The minimum atomic E-state index is -0.324. The molecule has 0 atom stereocenters. The number of nitrogens with zero attached hydrogens (tertiary/aromatic N) is 1. The van der Waals surface area contributed by atoms with E-state index in [1.165, 1.54) is 5.56 Å². The molecule has 0 bridgehead atoms. The van der Waals surface area contributed by atoms with Gasteiger partial charge in [-0.05, 0) is 37.1 Å². The molecule has 0 amide bonds. The van der Waals surface area contributed by atoms with E-state index in [-0.39, 0.29) is 5.63 Å². The molecule has 0 radical (unpaired) electrons. The zero-order valence-corrected chi connectivity index (χ0v) is 15.7. The molecule has 27 heavy (non-hydrogen) atoms. The summed E-state index contributed by atoms with van der Waals surface area (Å²) in [6, 6.07) is 13.7. The van der Waals surface area contributed by atoms with Gasteiger partial charge in [0.1, 0.15) is 17.9 Å². The van der Waals surface area contributed by atoms with Crippen molar-refractivity contribution in [3.05, 3.63) is 69.6 Å². The van der Waals surface area contributed by atoms with Gasteiger partial charge in [-0.1, -0.05) is 24.3 Å². The summed E-state index contributed by atoms with van der Waals surface area (Å²) in [6.07, 6.45) is 0. The van der Waals surface area contributed by atoms with Crippen LogP contribution in [0, 0.1) is 13.8 Å². The van der Waals surface area contributed by atoms with Gasteiger partial charge in [0.2, 0.25) is 0 Å². The molecule has 1 aliphatic rings. The highest BCUT2D eigenvalue weighted by molar-refractivity contribution is 5.93. The SMILES string of the molecule is Cc1ccccc1COc1ccc2c(N3CCNCC3)cc(=O)oc2c1C. The van der Waals surface area contributed by atoms with Crippen molar-refractivity contribution in [1.82, 2.24) is 5.32 Å². The Hall–Kier alpha value is -2.79. The van der Waals surface area contributed by atoms with Gasteiger partial charge in [0.15, 0.2) is 0 Å². The molecule has 5 nitrogen and oxygen atoms in total. The molecule has 1 N–H and O–H groups in total. The van der Waals surface area contributed by atoms with E-state index in [1.807, 2.05) is 31.2 Å². The molecule has 0 saturated carbocycles. The first-order chi connectivity index (χ1) is 13.1. The van der Waals surface area contributed by atoms with Crippen LogP contribution in [0.2, 0.25) is 0 Å². The Balaban J connectivity index is 1.69. The van der Waals surface area contributed by atoms with Crippen LogP contribution in [0.5, 0.6) is 5.75 Å².